The van der Waals surface area contributed by atoms with Crippen LogP contribution in [-0.2, 0) is 4.79 Å². The molecule has 0 aromatic heterocycles. The monoisotopic (exact) mass is 289 g/mol. The Hall–Kier alpha value is -2.06. The van der Waals surface area contributed by atoms with Crippen LogP contribution in [0.1, 0.15) is 33.3 Å². The Morgan fingerprint density at radius 1 is 1.38 bits per heavy atom. The average Bonchev–Trinajstić information content (AvgIpc) is 2.41. The molecule has 0 heterocycles. The van der Waals surface area contributed by atoms with Crippen molar-refractivity contribution in [2.45, 2.75) is 39.8 Å². The van der Waals surface area contributed by atoms with E-state index in [1.165, 1.54) is 0 Å². The lowest BCUT2D eigenvalue weighted by atomic mass is 9.86. The average molecular weight is 289 g/mol. The summed E-state index contributed by atoms with van der Waals surface area (Å²) in [4.78, 5) is 11.5. The van der Waals surface area contributed by atoms with Gasteiger partial charge in [-0.25, -0.2) is 0 Å². The van der Waals surface area contributed by atoms with Gasteiger partial charge in [-0.05, 0) is 36.6 Å². The van der Waals surface area contributed by atoms with Gasteiger partial charge >= 0.3 is 0 Å². The molecule has 1 aromatic rings. The van der Waals surface area contributed by atoms with E-state index in [0.717, 1.165) is 0 Å². The summed E-state index contributed by atoms with van der Waals surface area (Å²) in [5.41, 5.74) is 5.77. The molecule has 0 aliphatic rings. The standard InChI is InChI=1S/C16H23N3O2/c1-11(19-14(15(18)20)16(2,3)4)10-21-13-7-5-12(9-17)6-8-13/h5-8,11,14,19H,10H2,1-4H3,(H2,18,20)/t11?,14-/m1/s1. The Morgan fingerprint density at radius 3 is 2.38 bits per heavy atom. The van der Waals surface area contributed by atoms with Crippen molar-refractivity contribution in [2.75, 3.05) is 6.61 Å². The molecule has 0 aliphatic heterocycles. The third kappa shape index (κ3) is 5.44. The molecule has 0 spiro atoms. The molecule has 1 unspecified atom stereocenters. The van der Waals surface area contributed by atoms with Gasteiger partial charge in [0.2, 0.25) is 5.91 Å². The molecule has 0 fully saturated rings. The van der Waals surface area contributed by atoms with Gasteiger partial charge < -0.3 is 10.5 Å². The minimum Gasteiger partial charge on any atom is -0.492 e. The summed E-state index contributed by atoms with van der Waals surface area (Å²) in [6, 6.07) is 8.51. The molecule has 0 radical (unpaired) electrons. The van der Waals surface area contributed by atoms with Gasteiger partial charge in [-0.15, -0.1) is 0 Å². The minimum atomic E-state index is -0.419. The zero-order valence-corrected chi connectivity index (χ0v) is 13.0. The van der Waals surface area contributed by atoms with Crippen LogP contribution in [0.2, 0.25) is 0 Å². The summed E-state index contributed by atoms with van der Waals surface area (Å²) in [6.07, 6.45) is 0. The number of hydrogen-bond acceptors (Lipinski definition) is 4. The van der Waals surface area contributed by atoms with Crippen molar-refractivity contribution >= 4 is 5.91 Å². The predicted octanol–water partition coefficient (Wildman–Crippen LogP) is 1.82. The normalized spacial score (nSPS) is 14.0. The van der Waals surface area contributed by atoms with Crippen LogP contribution in [0.3, 0.4) is 0 Å². The zero-order chi connectivity index (χ0) is 16.0. The highest BCUT2D eigenvalue weighted by Crippen LogP contribution is 2.19. The summed E-state index contributed by atoms with van der Waals surface area (Å²) in [6.45, 7) is 8.23. The van der Waals surface area contributed by atoms with Crippen LogP contribution in [0.25, 0.3) is 0 Å². The molecule has 21 heavy (non-hydrogen) atoms. The van der Waals surface area contributed by atoms with E-state index in [9.17, 15) is 4.79 Å². The molecule has 114 valence electrons. The van der Waals surface area contributed by atoms with Gasteiger partial charge in [-0.2, -0.15) is 5.26 Å². The molecule has 5 heteroatoms. The van der Waals surface area contributed by atoms with Gasteiger partial charge in [0.1, 0.15) is 12.4 Å². The third-order valence-electron chi connectivity index (χ3n) is 3.09. The van der Waals surface area contributed by atoms with Crippen LogP contribution in [0.5, 0.6) is 5.75 Å². The van der Waals surface area contributed by atoms with Crippen molar-refractivity contribution in [3.63, 3.8) is 0 Å². The number of carbonyl (C=O) groups excluding carboxylic acids is 1. The van der Waals surface area contributed by atoms with Gasteiger partial charge in [-0.3, -0.25) is 10.1 Å². The molecule has 0 aliphatic carbocycles. The van der Waals surface area contributed by atoms with Gasteiger partial charge in [0.25, 0.3) is 0 Å². The first kappa shape index (κ1) is 17.0. The molecule has 0 saturated heterocycles. The number of nitrogens with one attached hydrogen (secondary N) is 1. The van der Waals surface area contributed by atoms with E-state index < -0.39 is 6.04 Å². The van der Waals surface area contributed by atoms with Crippen molar-refractivity contribution in [1.29, 1.82) is 5.26 Å². The number of amides is 1. The summed E-state index contributed by atoms with van der Waals surface area (Å²) >= 11 is 0. The van der Waals surface area contributed by atoms with E-state index >= 15 is 0 Å². The molecule has 0 saturated carbocycles. The van der Waals surface area contributed by atoms with Gasteiger partial charge in [-0.1, -0.05) is 20.8 Å². The number of primary amides is 1. The molecule has 3 N–H and O–H groups in total. The highest BCUT2D eigenvalue weighted by atomic mass is 16.5. The van der Waals surface area contributed by atoms with E-state index in [1.807, 2.05) is 27.7 Å². The number of hydrogen-bond donors (Lipinski definition) is 2. The van der Waals surface area contributed by atoms with Crippen LogP contribution >= 0.6 is 0 Å². The third-order valence-corrected chi connectivity index (χ3v) is 3.09. The molecule has 1 aromatic carbocycles. The highest BCUT2D eigenvalue weighted by molar-refractivity contribution is 5.80. The largest absolute Gasteiger partial charge is 0.492 e. The number of rotatable bonds is 6. The number of nitriles is 1. The Labute approximate surface area is 126 Å². The van der Waals surface area contributed by atoms with Crippen LogP contribution in [0.4, 0.5) is 0 Å². The first-order chi connectivity index (χ1) is 9.74. The maximum atomic E-state index is 11.5. The van der Waals surface area contributed by atoms with Crippen LogP contribution in [-0.4, -0.2) is 24.6 Å². The smallest absolute Gasteiger partial charge is 0.235 e. The van der Waals surface area contributed by atoms with E-state index in [-0.39, 0.29) is 17.4 Å². The van der Waals surface area contributed by atoms with E-state index in [0.29, 0.717) is 17.9 Å². The topological polar surface area (TPSA) is 88.1 Å². The van der Waals surface area contributed by atoms with Crippen molar-refractivity contribution in [3.05, 3.63) is 29.8 Å². The molecule has 0 bridgehead atoms. The van der Waals surface area contributed by atoms with E-state index in [1.54, 1.807) is 24.3 Å². The molecule has 1 rings (SSSR count). The lowest BCUT2D eigenvalue weighted by molar-refractivity contribution is -0.122. The van der Waals surface area contributed by atoms with Gasteiger partial charge in [0, 0.05) is 6.04 Å². The number of ether oxygens (including phenoxy) is 1. The quantitative estimate of drug-likeness (QED) is 0.836. The van der Waals surface area contributed by atoms with E-state index in [2.05, 4.69) is 11.4 Å². The maximum absolute atomic E-state index is 11.5. The lowest BCUT2D eigenvalue weighted by Crippen LogP contribution is -2.53. The lowest BCUT2D eigenvalue weighted by Gasteiger charge is -2.31. The second-order valence-corrected chi connectivity index (χ2v) is 6.22. The van der Waals surface area contributed by atoms with Crippen molar-refractivity contribution < 1.29 is 9.53 Å². The Balaban J connectivity index is 2.54. The minimum absolute atomic E-state index is 0.0302. The Kier molecular flexibility index (Phi) is 5.74. The first-order valence-electron chi connectivity index (χ1n) is 6.92. The summed E-state index contributed by atoms with van der Waals surface area (Å²) in [7, 11) is 0. The number of benzene rings is 1. The second kappa shape index (κ2) is 7.09. The highest BCUT2D eigenvalue weighted by Gasteiger charge is 2.30. The van der Waals surface area contributed by atoms with Crippen LogP contribution < -0.4 is 15.8 Å². The summed E-state index contributed by atoms with van der Waals surface area (Å²) in [5.74, 6) is 0.321. The van der Waals surface area contributed by atoms with Crippen LogP contribution in [0, 0.1) is 16.7 Å². The number of nitrogens with two attached hydrogens (primary N) is 1. The van der Waals surface area contributed by atoms with Gasteiger partial charge in [0.05, 0.1) is 17.7 Å². The fourth-order valence-electron chi connectivity index (χ4n) is 1.94. The second-order valence-electron chi connectivity index (χ2n) is 6.22. The van der Waals surface area contributed by atoms with Crippen molar-refractivity contribution in [3.8, 4) is 11.8 Å². The molecule has 5 nitrogen and oxygen atoms in total. The number of carbonyl (C=O) groups is 1. The van der Waals surface area contributed by atoms with Crippen molar-refractivity contribution in [1.82, 2.24) is 5.32 Å². The zero-order valence-electron chi connectivity index (χ0n) is 13.0. The summed E-state index contributed by atoms with van der Waals surface area (Å²) < 4.78 is 5.64. The Bertz CT molecular complexity index is 512. The molecular formula is C16H23N3O2. The van der Waals surface area contributed by atoms with Crippen molar-refractivity contribution in [2.24, 2.45) is 11.1 Å². The van der Waals surface area contributed by atoms with Crippen LogP contribution in [0.15, 0.2) is 24.3 Å². The van der Waals surface area contributed by atoms with E-state index in [4.69, 9.17) is 15.7 Å². The molecule has 1 amide bonds. The fourth-order valence-corrected chi connectivity index (χ4v) is 1.94. The Morgan fingerprint density at radius 2 is 1.95 bits per heavy atom. The number of nitrogens with zero attached hydrogens (tertiary/aromatic N) is 1. The predicted molar refractivity (Wildman–Crippen MR) is 81.7 cm³/mol. The fraction of sp³-hybridized carbons (Fsp3) is 0.500. The molecule has 2 atom stereocenters. The molecular weight excluding hydrogens is 266 g/mol. The maximum Gasteiger partial charge on any atom is 0.235 e. The van der Waals surface area contributed by atoms with Gasteiger partial charge in [0.15, 0.2) is 0 Å². The SMILES string of the molecule is CC(COc1ccc(C#N)cc1)N[C@H](C(N)=O)C(C)(C)C. The first-order valence-corrected chi connectivity index (χ1v) is 6.92. The summed E-state index contributed by atoms with van der Waals surface area (Å²) in [5, 5.41) is 11.9.